The first-order valence-corrected chi connectivity index (χ1v) is 13.4. The third kappa shape index (κ3) is 4.74. The largest absolute Gasteiger partial charge is 0.454 e. The summed E-state index contributed by atoms with van der Waals surface area (Å²) in [7, 11) is 0. The molecule has 3 aromatic carbocycles. The summed E-state index contributed by atoms with van der Waals surface area (Å²) in [6, 6.07) is 11.9. The Morgan fingerprint density at radius 3 is 2.34 bits per heavy atom. The van der Waals surface area contributed by atoms with Gasteiger partial charge < -0.3 is 9.47 Å². The van der Waals surface area contributed by atoms with E-state index in [1.54, 1.807) is 18.2 Å². The summed E-state index contributed by atoms with van der Waals surface area (Å²) in [5.41, 5.74) is 3.00. The fourth-order valence-corrected chi connectivity index (χ4v) is 6.30. The lowest BCUT2D eigenvalue weighted by atomic mass is 9.96. The number of ether oxygens (including phenoxy) is 2. The number of hydrogen-bond acceptors (Lipinski definition) is 6. The minimum Gasteiger partial charge on any atom is -0.427 e. The molecule has 4 nitrogen and oxygen atoms in total. The van der Waals surface area contributed by atoms with Gasteiger partial charge in [-0.2, -0.15) is 8.78 Å². The maximum Gasteiger partial charge on any atom is 0.454 e. The zero-order valence-corrected chi connectivity index (χ0v) is 21.4. The van der Waals surface area contributed by atoms with Gasteiger partial charge in [0.05, 0.1) is 26.5 Å². The highest BCUT2D eigenvalue weighted by Gasteiger charge is 2.39. The van der Waals surface area contributed by atoms with E-state index in [0.29, 0.717) is 39.6 Å². The second-order valence-corrected chi connectivity index (χ2v) is 11.3. The Kier molecular flexibility index (Phi) is 6.32. The van der Waals surface area contributed by atoms with Crippen LogP contribution in [0.5, 0.6) is 5.75 Å². The van der Waals surface area contributed by atoms with Crippen molar-refractivity contribution in [3.63, 3.8) is 0 Å². The van der Waals surface area contributed by atoms with Gasteiger partial charge in [0.25, 0.3) is 0 Å². The molecule has 0 spiro atoms. The van der Waals surface area contributed by atoms with Crippen LogP contribution in [-0.2, 0) is 10.8 Å². The van der Waals surface area contributed by atoms with Crippen molar-refractivity contribution < 1.29 is 31.4 Å². The Labute approximate surface area is 221 Å². The average molecular weight is 563 g/mol. The molecule has 1 aliphatic heterocycles. The summed E-state index contributed by atoms with van der Waals surface area (Å²) in [6.07, 6.45) is -1.83. The molecule has 1 fully saturated rings. The van der Waals surface area contributed by atoms with E-state index in [1.807, 2.05) is 12.1 Å². The van der Waals surface area contributed by atoms with Crippen LogP contribution >= 0.6 is 22.7 Å². The molecule has 1 saturated heterocycles. The second kappa shape index (κ2) is 9.55. The van der Waals surface area contributed by atoms with Crippen LogP contribution in [0.15, 0.2) is 48.5 Å². The highest BCUT2D eigenvalue weighted by Crippen LogP contribution is 2.40. The van der Waals surface area contributed by atoms with Gasteiger partial charge in [0.15, 0.2) is 17.5 Å². The van der Waals surface area contributed by atoms with Crippen molar-refractivity contribution in [1.29, 1.82) is 0 Å². The number of rotatable bonds is 5. The predicted octanol–water partition coefficient (Wildman–Crippen LogP) is 8.61. The van der Waals surface area contributed by atoms with Crippen LogP contribution in [0.3, 0.4) is 0 Å². The number of aromatic nitrogens is 2. The Bertz CT molecular complexity index is 1640. The fraction of sp³-hybridized carbons (Fsp3) is 0.259. The van der Waals surface area contributed by atoms with Crippen molar-refractivity contribution >= 4 is 43.1 Å². The SMILES string of the molecule is CC1CCC(c2ccc3nc(-c4ccc5nc(C(F)(F)Oc6cc(F)c(F)c(F)c6)sc5c4)sc3c2)OC1. The first-order chi connectivity index (χ1) is 18.2. The Balaban J connectivity index is 1.27. The van der Waals surface area contributed by atoms with Crippen molar-refractivity contribution in [3.8, 4) is 16.3 Å². The molecule has 6 rings (SSSR count). The van der Waals surface area contributed by atoms with Crippen molar-refractivity contribution in [2.45, 2.75) is 32.0 Å². The summed E-state index contributed by atoms with van der Waals surface area (Å²) in [4.78, 5) is 8.65. The Hall–Kier alpha value is -3.15. The zero-order chi connectivity index (χ0) is 26.6. The number of benzene rings is 3. The van der Waals surface area contributed by atoms with E-state index in [4.69, 9.17) is 9.72 Å². The highest BCUT2D eigenvalue weighted by molar-refractivity contribution is 7.21. The standard InChI is InChI=1S/C27H19F5N2O2S2/c1-13-2-7-21(35-12-13)14-3-5-19-22(8-14)37-25(33-19)15-4-6-20-23(9-15)38-26(34-20)27(31,32)36-16-10-17(28)24(30)18(29)11-16/h3-6,8-11,13,21H,2,7,12H2,1H3. The van der Waals surface area contributed by atoms with Crippen LogP contribution in [-0.4, -0.2) is 16.6 Å². The maximum absolute atomic E-state index is 14.8. The van der Waals surface area contributed by atoms with E-state index in [-0.39, 0.29) is 6.10 Å². The summed E-state index contributed by atoms with van der Waals surface area (Å²) in [6.45, 7) is 2.93. The molecule has 2 unspecified atom stereocenters. The molecule has 2 atom stereocenters. The zero-order valence-electron chi connectivity index (χ0n) is 19.8. The van der Waals surface area contributed by atoms with E-state index in [2.05, 4.69) is 22.7 Å². The van der Waals surface area contributed by atoms with Gasteiger partial charge in [0.2, 0.25) is 5.01 Å². The molecule has 1 aliphatic rings. The number of alkyl halides is 2. The number of hydrogen-bond donors (Lipinski definition) is 0. The van der Waals surface area contributed by atoms with Gasteiger partial charge >= 0.3 is 6.11 Å². The third-order valence-corrected chi connectivity index (χ3v) is 8.51. The second-order valence-electron chi connectivity index (χ2n) is 9.27. The lowest BCUT2D eigenvalue weighted by molar-refractivity contribution is -0.185. The molecule has 38 heavy (non-hydrogen) atoms. The predicted molar refractivity (Wildman–Crippen MR) is 136 cm³/mol. The van der Waals surface area contributed by atoms with Crippen LogP contribution in [0.1, 0.15) is 36.4 Å². The van der Waals surface area contributed by atoms with Crippen LogP contribution in [0.25, 0.3) is 31.0 Å². The van der Waals surface area contributed by atoms with Crippen molar-refractivity contribution in [3.05, 3.63) is 76.6 Å². The molecular weight excluding hydrogens is 543 g/mol. The highest BCUT2D eigenvalue weighted by atomic mass is 32.1. The van der Waals surface area contributed by atoms with Gasteiger partial charge in [0.1, 0.15) is 10.8 Å². The molecule has 11 heteroatoms. The number of thiazole rings is 2. The summed E-state index contributed by atoms with van der Waals surface area (Å²) in [5.74, 6) is -5.32. The monoisotopic (exact) mass is 562 g/mol. The minimum absolute atomic E-state index is 0.0693. The van der Waals surface area contributed by atoms with Gasteiger partial charge in [-0.05, 0) is 54.7 Å². The number of fused-ring (bicyclic) bond motifs is 2. The van der Waals surface area contributed by atoms with Crippen molar-refractivity contribution in [2.75, 3.05) is 6.61 Å². The van der Waals surface area contributed by atoms with Crippen LogP contribution in [0, 0.1) is 23.4 Å². The maximum atomic E-state index is 14.8. The summed E-state index contributed by atoms with van der Waals surface area (Å²) in [5, 5.41) is 0.0259. The van der Waals surface area contributed by atoms with Crippen molar-refractivity contribution in [1.82, 2.24) is 9.97 Å². The van der Waals surface area contributed by atoms with Gasteiger partial charge in [-0.15, -0.1) is 22.7 Å². The van der Waals surface area contributed by atoms with Crippen LogP contribution < -0.4 is 4.74 Å². The average Bonchev–Trinajstić information content (AvgIpc) is 3.51. The molecule has 0 amide bonds. The smallest absolute Gasteiger partial charge is 0.427 e. The normalized spacial score (nSPS) is 18.4. The van der Waals surface area contributed by atoms with Crippen molar-refractivity contribution in [2.24, 2.45) is 5.92 Å². The Morgan fingerprint density at radius 1 is 0.895 bits per heavy atom. The lowest BCUT2D eigenvalue weighted by Crippen LogP contribution is -2.21. The molecular formula is C27H19F5N2O2S2. The minimum atomic E-state index is -3.99. The molecule has 0 bridgehead atoms. The summed E-state index contributed by atoms with van der Waals surface area (Å²) >= 11 is 2.18. The molecule has 0 N–H and O–H groups in total. The molecule has 5 aromatic rings. The van der Waals surface area contributed by atoms with E-state index in [1.165, 1.54) is 11.3 Å². The van der Waals surface area contributed by atoms with E-state index in [0.717, 1.165) is 45.8 Å². The summed E-state index contributed by atoms with van der Waals surface area (Å²) < 4.78 is 81.6. The van der Waals surface area contributed by atoms with E-state index >= 15 is 0 Å². The third-order valence-electron chi connectivity index (χ3n) is 6.38. The number of nitrogens with zero attached hydrogens (tertiary/aromatic N) is 2. The lowest BCUT2D eigenvalue weighted by Gasteiger charge is -2.27. The number of halogens is 5. The van der Waals surface area contributed by atoms with E-state index in [9.17, 15) is 22.0 Å². The van der Waals surface area contributed by atoms with Crippen LogP contribution in [0.2, 0.25) is 0 Å². The fourth-order valence-electron chi connectivity index (χ4n) is 4.38. The van der Waals surface area contributed by atoms with Gasteiger partial charge in [-0.25, -0.2) is 23.1 Å². The first kappa shape index (κ1) is 25.1. The van der Waals surface area contributed by atoms with E-state index < -0.39 is 34.3 Å². The van der Waals surface area contributed by atoms with Crippen LogP contribution in [0.4, 0.5) is 22.0 Å². The molecule has 196 valence electrons. The van der Waals surface area contributed by atoms with Gasteiger partial charge in [0, 0.05) is 24.3 Å². The molecule has 2 aromatic heterocycles. The first-order valence-electron chi connectivity index (χ1n) is 11.8. The molecule has 3 heterocycles. The van der Waals surface area contributed by atoms with Gasteiger partial charge in [-0.1, -0.05) is 13.0 Å². The molecule has 0 saturated carbocycles. The van der Waals surface area contributed by atoms with Gasteiger partial charge in [-0.3, -0.25) is 0 Å². The molecule has 0 radical (unpaired) electrons. The Morgan fingerprint density at radius 2 is 1.61 bits per heavy atom. The molecule has 0 aliphatic carbocycles. The topological polar surface area (TPSA) is 44.2 Å². The quantitative estimate of drug-likeness (QED) is 0.159.